The highest BCUT2D eigenvalue weighted by Crippen LogP contribution is 2.26. The van der Waals surface area contributed by atoms with Crippen molar-refractivity contribution < 1.29 is 27.6 Å². The maximum absolute atomic E-state index is 13.1. The van der Waals surface area contributed by atoms with Crippen LogP contribution in [-0.2, 0) is 19.6 Å². The molecule has 1 unspecified atom stereocenters. The highest BCUT2D eigenvalue weighted by atomic mass is 32.2. The quantitative estimate of drug-likeness (QED) is 0.369. The summed E-state index contributed by atoms with van der Waals surface area (Å²) in [5, 5.41) is 10.5. The summed E-state index contributed by atoms with van der Waals surface area (Å²) in [6.45, 7) is 3.88. The lowest BCUT2D eigenvalue weighted by molar-refractivity contribution is -0.165. The van der Waals surface area contributed by atoms with Crippen molar-refractivity contribution in [3.05, 3.63) is 30.1 Å². The fourth-order valence-electron chi connectivity index (χ4n) is 4.30. The van der Waals surface area contributed by atoms with Gasteiger partial charge in [-0.15, -0.1) is 0 Å². The highest BCUT2D eigenvalue weighted by Gasteiger charge is 2.37. The van der Waals surface area contributed by atoms with E-state index in [9.17, 15) is 27.6 Å². The molecule has 2 aliphatic heterocycles. The fraction of sp³-hybridized carbons (Fsp3) is 0.600. The van der Waals surface area contributed by atoms with Crippen LogP contribution in [0.3, 0.4) is 0 Å². The maximum Gasteiger partial charge on any atom is 0.233 e. The molecule has 0 aliphatic carbocycles. The molecule has 172 valence electrons. The van der Waals surface area contributed by atoms with E-state index in [4.69, 9.17) is 0 Å². The minimum atomic E-state index is -3.72. The topological polar surface area (TPSA) is 101 Å². The van der Waals surface area contributed by atoms with Gasteiger partial charge >= 0.3 is 0 Å². The summed E-state index contributed by atoms with van der Waals surface area (Å²) in [6.07, 6.45) is 1.27. The molecule has 1 atom stereocenters. The van der Waals surface area contributed by atoms with Gasteiger partial charge in [0, 0.05) is 51.9 Å². The Balaban J connectivity index is 1.62. The summed E-state index contributed by atoms with van der Waals surface area (Å²) in [5.41, 5.74) is 0.830. The molecule has 0 aromatic heterocycles. The number of rotatable bonds is 7. The van der Waals surface area contributed by atoms with Crippen LogP contribution in [0.25, 0.3) is 0 Å². The number of anilines is 1. The standard InChI is InChI=1S/C20H29FN4O5S/c1-16(27)22-8-6-17(7-9-22)20(25(28)15-26)14-31(29,30)24-12-10-23(11-13-24)19-4-2-18(21)3-5-19/h2-5,15,17,20,28H,6-14H2,1H3. The summed E-state index contributed by atoms with van der Waals surface area (Å²) in [4.78, 5) is 26.4. The number of nitrogens with zero attached hydrogens (tertiary/aromatic N) is 4. The number of hydroxylamine groups is 2. The molecule has 3 rings (SSSR count). The zero-order valence-corrected chi connectivity index (χ0v) is 18.4. The van der Waals surface area contributed by atoms with E-state index in [1.807, 2.05) is 4.90 Å². The largest absolute Gasteiger partial charge is 0.369 e. The number of piperazine rings is 1. The monoisotopic (exact) mass is 456 g/mol. The van der Waals surface area contributed by atoms with E-state index in [2.05, 4.69) is 0 Å². The Morgan fingerprint density at radius 1 is 1.16 bits per heavy atom. The minimum absolute atomic E-state index is 0.0436. The van der Waals surface area contributed by atoms with Gasteiger partial charge in [0.2, 0.25) is 22.3 Å². The average Bonchev–Trinajstić information content (AvgIpc) is 2.77. The third-order valence-corrected chi connectivity index (χ3v) is 8.10. The Morgan fingerprint density at radius 3 is 2.26 bits per heavy atom. The lowest BCUT2D eigenvalue weighted by atomic mass is 9.90. The molecule has 1 N–H and O–H groups in total. The van der Waals surface area contributed by atoms with Gasteiger partial charge in [-0.25, -0.2) is 17.9 Å². The average molecular weight is 457 g/mol. The number of halogens is 1. The first-order valence-corrected chi connectivity index (χ1v) is 12.0. The van der Waals surface area contributed by atoms with E-state index < -0.39 is 16.1 Å². The third kappa shape index (κ3) is 5.72. The number of amides is 2. The number of sulfonamides is 1. The molecular formula is C20H29FN4O5S. The summed E-state index contributed by atoms with van der Waals surface area (Å²) < 4.78 is 40.6. The van der Waals surface area contributed by atoms with Crippen LogP contribution in [0.15, 0.2) is 24.3 Å². The summed E-state index contributed by atoms with van der Waals surface area (Å²) in [7, 11) is -3.72. The van der Waals surface area contributed by atoms with Crippen molar-refractivity contribution in [2.45, 2.75) is 25.8 Å². The van der Waals surface area contributed by atoms with Crippen molar-refractivity contribution in [3.63, 3.8) is 0 Å². The molecule has 1 aromatic rings. The number of benzene rings is 1. The first kappa shape index (κ1) is 23.4. The summed E-state index contributed by atoms with van der Waals surface area (Å²) in [6, 6.07) is 5.20. The Morgan fingerprint density at radius 2 is 1.74 bits per heavy atom. The lowest BCUT2D eigenvalue weighted by Crippen LogP contribution is -2.53. The zero-order chi connectivity index (χ0) is 22.6. The molecule has 0 radical (unpaired) electrons. The Hall–Kier alpha value is -2.24. The molecule has 1 aromatic carbocycles. The van der Waals surface area contributed by atoms with Crippen molar-refractivity contribution in [2.24, 2.45) is 5.92 Å². The molecule has 31 heavy (non-hydrogen) atoms. The molecule has 2 fully saturated rings. The van der Waals surface area contributed by atoms with Gasteiger partial charge in [0.25, 0.3) is 0 Å². The summed E-state index contributed by atoms with van der Waals surface area (Å²) in [5.74, 6) is -0.961. The molecular weight excluding hydrogens is 427 g/mol. The molecule has 2 saturated heterocycles. The molecule has 2 aliphatic rings. The van der Waals surface area contributed by atoms with Crippen LogP contribution in [0.1, 0.15) is 19.8 Å². The Bertz CT molecular complexity index is 866. The van der Waals surface area contributed by atoms with Gasteiger partial charge in [-0.2, -0.15) is 4.31 Å². The predicted octanol–water partition coefficient (Wildman–Crippen LogP) is 0.752. The van der Waals surface area contributed by atoms with Gasteiger partial charge in [0.15, 0.2) is 0 Å². The highest BCUT2D eigenvalue weighted by molar-refractivity contribution is 7.89. The summed E-state index contributed by atoms with van der Waals surface area (Å²) >= 11 is 0. The molecule has 0 bridgehead atoms. The van der Waals surface area contributed by atoms with Crippen LogP contribution in [-0.4, -0.2) is 91.3 Å². The first-order chi connectivity index (χ1) is 14.7. The second-order valence-electron chi connectivity index (χ2n) is 8.04. The second-order valence-corrected chi connectivity index (χ2v) is 10.1. The van der Waals surface area contributed by atoms with E-state index in [-0.39, 0.29) is 42.9 Å². The Kier molecular flexibility index (Phi) is 7.50. The first-order valence-electron chi connectivity index (χ1n) is 10.4. The zero-order valence-electron chi connectivity index (χ0n) is 17.6. The minimum Gasteiger partial charge on any atom is -0.369 e. The molecule has 2 amide bonds. The van der Waals surface area contributed by atoms with Gasteiger partial charge < -0.3 is 9.80 Å². The van der Waals surface area contributed by atoms with E-state index >= 15 is 0 Å². The smallest absolute Gasteiger partial charge is 0.233 e. The number of carbonyl (C=O) groups excluding carboxylic acids is 2. The number of hydrogen-bond acceptors (Lipinski definition) is 6. The van der Waals surface area contributed by atoms with Crippen LogP contribution in [0.5, 0.6) is 0 Å². The molecule has 9 nitrogen and oxygen atoms in total. The normalized spacial score (nSPS) is 19.8. The van der Waals surface area contributed by atoms with Gasteiger partial charge in [-0.1, -0.05) is 0 Å². The van der Waals surface area contributed by atoms with Crippen LogP contribution >= 0.6 is 0 Å². The van der Waals surface area contributed by atoms with Gasteiger partial charge in [-0.05, 0) is 43.0 Å². The van der Waals surface area contributed by atoms with Gasteiger partial charge in [-0.3, -0.25) is 14.8 Å². The van der Waals surface area contributed by atoms with Crippen molar-refractivity contribution in [3.8, 4) is 0 Å². The number of piperidine rings is 1. The van der Waals surface area contributed by atoms with Crippen LogP contribution in [0.2, 0.25) is 0 Å². The van der Waals surface area contributed by atoms with Crippen LogP contribution < -0.4 is 4.90 Å². The molecule has 0 saturated carbocycles. The van der Waals surface area contributed by atoms with E-state index in [0.717, 1.165) is 5.69 Å². The van der Waals surface area contributed by atoms with E-state index in [1.165, 1.54) is 23.4 Å². The van der Waals surface area contributed by atoms with Crippen molar-refractivity contribution in [1.29, 1.82) is 0 Å². The van der Waals surface area contributed by atoms with Crippen molar-refractivity contribution in [1.82, 2.24) is 14.3 Å². The fourth-order valence-corrected chi connectivity index (χ4v) is 6.09. The Labute approximate surface area is 182 Å². The van der Waals surface area contributed by atoms with Crippen LogP contribution in [0.4, 0.5) is 10.1 Å². The van der Waals surface area contributed by atoms with Gasteiger partial charge in [0.05, 0.1) is 11.8 Å². The number of likely N-dealkylation sites (tertiary alicyclic amines) is 1. The maximum atomic E-state index is 13.1. The lowest BCUT2D eigenvalue weighted by Gasteiger charge is -2.39. The number of carbonyl (C=O) groups is 2. The number of hydrogen-bond donors (Lipinski definition) is 1. The SMILES string of the molecule is CC(=O)N1CCC(C(CS(=O)(=O)N2CCN(c3ccc(F)cc3)CC2)N(O)C=O)CC1. The van der Waals surface area contributed by atoms with Gasteiger partial charge in [0.1, 0.15) is 5.82 Å². The molecule has 0 spiro atoms. The second kappa shape index (κ2) is 9.92. The molecule has 11 heteroatoms. The van der Waals surface area contributed by atoms with Crippen LogP contribution in [0, 0.1) is 11.7 Å². The van der Waals surface area contributed by atoms with E-state index in [1.54, 1.807) is 17.0 Å². The van der Waals surface area contributed by atoms with Crippen molar-refractivity contribution in [2.75, 3.05) is 49.9 Å². The predicted molar refractivity (Wildman–Crippen MR) is 112 cm³/mol. The molecule has 2 heterocycles. The van der Waals surface area contributed by atoms with E-state index in [0.29, 0.717) is 44.1 Å². The third-order valence-electron chi connectivity index (χ3n) is 6.18. The van der Waals surface area contributed by atoms with Crippen molar-refractivity contribution >= 4 is 28.0 Å².